The summed E-state index contributed by atoms with van der Waals surface area (Å²) in [6.07, 6.45) is 6.65. The number of aryl methyl sites for hydroxylation is 1. The largest absolute Gasteiger partial charge is 0.490 e. The molecule has 0 amide bonds. The molecule has 0 aliphatic heterocycles. The number of benzene rings is 2. The summed E-state index contributed by atoms with van der Waals surface area (Å²) in [6, 6.07) is 13.2. The molecule has 1 saturated carbocycles. The van der Waals surface area contributed by atoms with Crippen LogP contribution < -0.4 is 14.8 Å². The minimum Gasteiger partial charge on any atom is -0.490 e. The fraction of sp³-hybridized carbons (Fsp3) is 0.478. The predicted molar refractivity (Wildman–Crippen MR) is 115 cm³/mol. The van der Waals surface area contributed by atoms with Gasteiger partial charge in [0.15, 0.2) is 11.5 Å². The Hall–Kier alpha value is -1.52. The molecule has 0 atom stereocenters. The Balaban J connectivity index is 1.70. The van der Waals surface area contributed by atoms with Crippen LogP contribution in [-0.2, 0) is 13.2 Å². The number of hydrogen-bond donors (Lipinski definition) is 1. The number of halogens is 1. The van der Waals surface area contributed by atoms with Crippen LogP contribution in [0, 0.1) is 6.92 Å². The highest BCUT2D eigenvalue weighted by atomic mass is 79.9. The highest BCUT2D eigenvalue weighted by Crippen LogP contribution is 2.37. The Bertz CT molecular complexity index is 741. The Kier molecular flexibility index (Phi) is 7.59. The molecule has 1 N–H and O–H groups in total. The van der Waals surface area contributed by atoms with E-state index in [4.69, 9.17) is 9.47 Å². The van der Waals surface area contributed by atoms with E-state index in [9.17, 15) is 0 Å². The summed E-state index contributed by atoms with van der Waals surface area (Å²) in [7, 11) is 0. The first-order chi connectivity index (χ1) is 13.2. The third-order valence-corrected chi connectivity index (χ3v) is 5.79. The molecule has 3 nitrogen and oxygen atoms in total. The Morgan fingerprint density at radius 3 is 2.59 bits per heavy atom. The first kappa shape index (κ1) is 20.2. The van der Waals surface area contributed by atoms with Gasteiger partial charge >= 0.3 is 0 Å². The first-order valence-electron chi connectivity index (χ1n) is 10.0. The van der Waals surface area contributed by atoms with Crippen molar-refractivity contribution in [3.05, 3.63) is 57.6 Å². The lowest BCUT2D eigenvalue weighted by molar-refractivity contribution is 0.267. The van der Waals surface area contributed by atoms with Crippen LogP contribution in [0.1, 0.15) is 55.7 Å². The van der Waals surface area contributed by atoms with Crippen molar-refractivity contribution in [2.24, 2.45) is 0 Å². The molecule has 146 valence electrons. The molecular weight excluding hydrogens is 402 g/mol. The van der Waals surface area contributed by atoms with Crippen molar-refractivity contribution in [1.82, 2.24) is 5.32 Å². The van der Waals surface area contributed by atoms with Gasteiger partial charge in [0.25, 0.3) is 0 Å². The van der Waals surface area contributed by atoms with Gasteiger partial charge in [-0.25, -0.2) is 0 Å². The van der Waals surface area contributed by atoms with Crippen LogP contribution in [0.5, 0.6) is 11.5 Å². The standard InChI is InChI=1S/C23H30BrNO2/c1-3-26-22-14-18(15-25-20-11-5-4-6-12-20)13-21(24)23(22)27-16-19-10-8-7-9-17(19)2/h7-10,13-14,20,25H,3-6,11-12,15-16H2,1-2H3. The molecule has 0 heterocycles. The fourth-order valence-electron chi connectivity index (χ4n) is 3.62. The summed E-state index contributed by atoms with van der Waals surface area (Å²) in [5.41, 5.74) is 3.65. The van der Waals surface area contributed by atoms with E-state index >= 15 is 0 Å². The van der Waals surface area contributed by atoms with Crippen LogP contribution in [0.25, 0.3) is 0 Å². The second-order valence-electron chi connectivity index (χ2n) is 7.27. The van der Waals surface area contributed by atoms with Gasteiger partial charge in [0, 0.05) is 12.6 Å². The van der Waals surface area contributed by atoms with Crippen molar-refractivity contribution in [2.75, 3.05) is 6.61 Å². The molecule has 27 heavy (non-hydrogen) atoms. The van der Waals surface area contributed by atoms with E-state index in [-0.39, 0.29) is 0 Å². The molecule has 3 rings (SSSR count). The lowest BCUT2D eigenvalue weighted by Gasteiger charge is -2.23. The smallest absolute Gasteiger partial charge is 0.175 e. The zero-order chi connectivity index (χ0) is 19.1. The molecule has 2 aromatic carbocycles. The van der Waals surface area contributed by atoms with Gasteiger partial charge in [-0.2, -0.15) is 0 Å². The van der Waals surface area contributed by atoms with Crippen molar-refractivity contribution in [2.45, 2.75) is 65.1 Å². The summed E-state index contributed by atoms with van der Waals surface area (Å²) in [5.74, 6) is 1.59. The maximum absolute atomic E-state index is 6.14. The van der Waals surface area contributed by atoms with Gasteiger partial charge in [-0.05, 0) is 71.4 Å². The molecule has 0 aromatic heterocycles. The molecule has 1 aliphatic carbocycles. The van der Waals surface area contributed by atoms with Gasteiger partial charge in [0.05, 0.1) is 11.1 Å². The third kappa shape index (κ3) is 5.73. The van der Waals surface area contributed by atoms with E-state index in [1.807, 2.05) is 13.0 Å². The van der Waals surface area contributed by atoms with Crippen LogP contribution in [0.15, 0.2) is 40.9 Å². The summed E-state index contributed by atoms with van der Waals surface area (Å²) in [6.45, 7) is 6.13. The summed E-state index contributed by atoms with van der Waals surface area (Å²) in [5, 5.41) is 3.70. The second-order valence-corrected chi connectivity index (χ2v) is 8.12. The van der Waals surface area contributed by atoms with Gasteiger partial charge in [0.1, 0.15) is 6.61 Å². The van der Waals surface area contributed by atoms with Gasteiger partial charge in [0.2, 0.25) is 0 Å². The van der Waals surface area contributed by atoms with Crippen LogP contribution in [0.4, 0.5) is 0 Å². The van der Waals surface area contributed by atoms with Gasteiger partial charge in [-0.15, -0.1) is 0 Å². The minimum atomic E-state index is 0.533. The molecule has 0 bridgehead atoms. The van der Waals surface area contributed by atoms with E-state index in [1.54, 1.807) is 0 Å². The van der Waals surface area contributed by atoms with E-state index in [2.05, 4.69) is 58.5 Å². The van der Waals surface area contributed by atoms with Gasteiger partial charge in [-0.3, -0.25) is 0 Å². The molecule has 0 radical (unpaired) electrons. The van der Waals surface area contributed by atoms with E-state index in [1.165, 1.54) is 48.8 Å². The second kappa shape index (κ2) is 10.1. The van der Waals surface area contributed by atoms with Crippen LogP contribution in [0.3, 0.4) is 0 Å². The number of nitrogens with one attached hydrogen (secondary N) is 1. The quantitative estimate of drug-likeness (QED) is 0.542. The Labute approximate surface area is 171 Å². The monoisotopic (exact) mass is 431 g/mol. The van der Waals surface area contributed by atoms with E-state index in [0.717, 1.165) is 22.5 Å². The molecule has 4 heteroatoms. The maximum Gasteiger partial charge on any atom is 0.175 e. The molecule has 1 aliphatic rings. The van der Waals surface area contributed by atoms with Crippen molar-refractivity contribution in [3.63, 3.8) is 0 Å². The zero-order valence-electron chi connectivity index (χ0n) is 16.4. The lowest BCUT2D eigenvalue weighted by atomic mass is 9.95. The van der Waals surface area contributed by atoms with E-state index in [0.29, 0.717) is 19.3 Å². The minimum absolute atomic E-state index is 0.533. The highest BCUT2D eigenvalue weighted by Gasteiger charge is 2.16. The van der Waals surface area contributed by atoms with Crippen LogP contribution >= 0.6 is 15.9 Å². The molecule has 2 aromatic rings. The van der Waals surface area contributed by atoms with Crippen molar-refractivity contribution >= 4 is 15.9 Å². The van der Waals surface area contributed by atoms with Crippen molar-refractivity contribution < 1.29 is 9.47 Å². The number of rotatable bonds is 8. The average molecular weight is 432 g/mol. The van der Waals surface area contributed by atoms with Crippen LogP contribution in [-0.4, -0.2) is 12.6 Å². The van der Waals surface area contributed by atoms with Gasteiger partial charge < -0.3 is 14.8 Å². The van der Waals surface area contributed by atoms with E-state index < -0.39 is 0 Å². The summed E-state index contributed by atoms with van der Waals surface area (Å²) in [4.78, 5) is 0. The topological polar surface area (TPSA) is 30.5 Å². The lowest BCUT2D eigenvalue weighted by Crippen LogP contribution is -2.30. The molecule has 0 saturated heterocycles. The SMILES string of the molecule is CCOc1cc(CNC2CCCCC2)cc(Br)c1OCc1ccccc1C. The zero-order valence-corrected chi connectivity index (χ0v) is 18.0. The average Bonchev–Trinajstić information content (AvgIpc) is 2.68. The van der Waals surface area contributed by atoms with Gasteiger partial charge in [-0.1, -0.05) is 43.5 Å². The molecule has 0 unspecified atom stereocenters. The molecule has 0 spiro atoms. The van der Waals surface area contributed by atoms with Crippen LogP contribution in [0.2, 0.25) is 0 Å². The normalized spacial score (nSPS) is 14.9. The maximum atomic E-state index is 6.14. The Morgan fingerprint density at radius 2 is 1.85 bits per heavy atom. The fourth-order valence-corrected chi connectivity index (χ4v) is 4.22. The number of hydrogen-bond acceptors (Lipinski definition) is 3. The number of ether oxygens (including phenoxy) is 2. The Morgan fingerprint density at radius 1 is 1.07 bits per heavy atom. The predicted octanol–water partition coefficient (Wildman–Crippen LogP) is 6.16. The first-order valence-corrected chi connectivity index (χ1v) is 10.8. The third-order valence-electron chi connectivity index (χ3n) is 5.20. The summed E-state index contributed by atoms with van der Waals surface area (Å²) >= 11 is 3.69. The summed E-state index contributed by atoms with van der Waals surface area (Å²) < 4.78 is 13.0. The highest BCUT2D eigenvalue weighted by molar-refractivity contribution is 9.10. The molecule has 1 fully saturated rings. The van der Waals surface area contributed by atoms with Crippen molar-refractivity contribution in [3.8, 4) is 11.5 Å². The van der Waals surface area contributed by atoms with Crippen molar-refractivity contribution in [1.29, 1.82) is 0 Å². The molecular formula is C23H30BrNO2.